The molecule has 1 heterocycles. The summed E-state index contributed by atoms with van der Waals surface area (Å²) in [5.41, 5.74) is 2.60. The number of rotatable bonds is 3. The molecule has 4 nitrogen and oxygen atoms in total. The first-order valence-corrected chi connectivity index (χ1v) is 6.48. The summed E-state index contributed by atoms with van der Waals surface area (Å²) < 4.78 is 11.2. The third-order valence-electron chi connectivity index (χ3n) is 3.12. The summed E-state index contributed by atoms with van der Waals surface area (Å²) in [4.78, 5) is 0. The number of fused-ring (bicyclic) bond motifs is 1. The van der Waals surface area contributed by atoms with Crippen LogP contribution in [0.3, 0.4) is 0 Å². The summed E-state index contributed by atoms with van der Waals surface area (Å²) in [5.74, 6) is 1.60. The van der Waals surface area contributed by atoms with Crippen LogP contribution in [0.4, 0.5) is 5.69 Å². The van der Waals surface area contributed by atoms with Crippen molar-refractivity contribution in [3.8, 4) is 17.6 Å². The van der Waals surface area contributed by atoms with Gasteiger partial charge in [-0.05, 0) is 24.3 Å². The number of ether oxygens (including phenoxy) is 2. The highest BCUT2D eigenvalue weighted by Crippen LogP contribution is 2.33. The first-order valence-electron chi connectivity index (χ1n) is 6.48. The van der Waals surface area contributed by atoms with E-state index in [0.717, 1.165) is 22.7 Å². The fraction of sp³-hybridized carbons (Fsp3) is 0.188. The molecule has 20 heavy (non-hydrogen) atoms. The Morgan fingerprint density at radius 1 is 1.10 bits per heavy atom. The molecule has 0 saturated carbocycles. The quantitative estimate of drug-likeness (QED) is 0.928. The maximum Gasteiger partial charge on any atom is 0.166 e. The van der Waals surface area contributed by atoms with E-state index in [4.69, 9.17) is 14.7 Å². The number of anilines is 1. The summed E-state index contributed by atoms with van der Waals surface area (Å²) in [6.07, 6.45) is 0. The molecule has 0 saturated heterocycles. The second kappa shape index (κ2) is 5.54. The molecule has 0 unspecified atom stereocenters. The molecular weight excluding hydrogens is 252 g/mol. The molecule has 1 N–H and O–H groups in total. The van der Waals surface area contributed by atoms with Gasteiger partial charge in [-0.3, -0.25) is 0 Å². The minimum atomic E-state index is 0.577. The monoisotopic (exact) mass is 266 g/mol. The Bertz CT molecular complexity index is 662. The van der Waals surface area contributed by atoms with E-state index in [1.54, 1.807) is 6.07 Å². The highest BCUT2D eigenvalue weighted by molar-refractivity contribution is 5.52. The molecule has 1 aliphatic rings. The molecule has 0 radical (unpaired) electrons. The van der Waals surface area contributed by atoms with E-state index in [-0.39, 0.29) is 0 Å². The van der Waals surface area contributed by atoms with E-state index in [0.29, 0.717) is 25.3 Å². The molecule has 0 fully saturated rings. The average Bonchev–Trinajstić information content (AvgIpc) is 2.53. The summed E-state index contributed by atoms with van der Waals surface area (Å²) in [6, 6.07) is 15.4. The number of nitriles is 1. The predicted molar refractivity (Wildman–Crippen MR) is 75.9 cm³/mol. The Labute approximate surface area is 117 Å². The minimum absolute atomic E-state index is 0.577. The normalized spacial score (nSPS) is 12.6. The number of hydrogen-bond acceptors (Lipinski definition) is 4. The summed E-state index contributed by atoms with van der Waals surface area (Å²) in [7, 11) is 0. The van der Waals surface area contributed by atoms with Crippen LogP contribution in [-0.4, -0.2) is 13.2 Å². The van der Waals surface area contributed by atoms with Gasteiger partial charge in [-0.2, -0.15) is 5.26 Å². The van der Waals surface area contributed by atoms with Crippen LogP contribution < -0.4 is 14.8 Å². The molecule has 0 spiro atoms. The van der Waals surface area contributed by atoms with Crippen molar-refractivity contribution >= 4 is 5.69 Å². The molecule has 0 atom stereocenters. The standard InChI is InChI=1S/C16H14N2O2/c17-10-12-3-1-5-14(9-12)18-11-13-4-2-6-15-16(13)20-8-7-19-15/h1-6,9,18H,7-8,11H2. The van der Waals surface area contributed by atoms with Gasteiger partial charge in [0.1, 0.15) is 13.2 Å². The topological polar surface area (TPSA) is 54.3 Å². The molecular formula is C16H14N2O2. The number of hydrogen-bond donors (Lipinski definition) is 1. The molecule has 2 aromatic carbocycles. The summed E-state index contributed by atoms with van der Waals surface area (Å²) in [5, 5.41) is 12.2. The van der Waals surface area contributed by atoms with Crippen LogP contribution in [0.25, 0.3) is 0 Å². The maximum absolute atomic E-state index is 8.89. The van der Waals surface area contributed by atoms with Gasteiger partial charge in [0.15, 0.2) is 11.5 Å². The molecule has 2 aromatic rings. The predicted octanol–water partition coefficient (Wildman–Crippen LogP) is 2.94. The van der Waals surface area contributed by atoms with Crippen LogP contribution in [0.15, 0.2) is 42.5 Å². The van der Waals surface area contributed by atoms with Crippen LogP contribution in [-0.2, 0) is 6.54 Å². The molecule has 1 aliphatic heterocycles. The summed E-state index contributed by atoms with van der Waals surface area (Å²) in [6.45, 7) is 1.80. The van der Waals surface area contributed by atoms with E-state index in [2.05, 4.69) is 11.4 Å². The number of para-hydroxylation sites is 1. The van der Waals surface area contributed by atoms with E-state index in [9.17, 15) is 0 Å². The Hall–Kier alpha value is -2.67. The lowest BCUT2D eigenvalue weighted by atomic mass is 10.1. The largest absolute Gasteiger partial charge is 0.486 e. The van der Waals surface area contributed by atoms with Gasteiger partial charge in [-0.15, -0.1) is 0 Å². The number of nitrogens with one attached hydrogen (secondary N) is 1. The van der Waals surface area contributed by atoms with Crippen molar-refractivity contribution in [2.75, 3.05) is 18.5 Å². The Morgan fingerprint density at radius 2 is 1.95 bits per heavy atom. The van der Waals surface area contributed by atoms with Crippen molar-refractivity contribution < 1.29 is 9.47 Å². The smallest absolute Gasteiger partial charge is 0.166 e. The third kappa shape index (κ3) is 2.52. The third-order valence-corrected chi connectivity index (χ3v) is 3.12. The van der Waals surface area contributed by atoms with Gasteiger partial charge in [0.05, 0.1) is 11.6 Å². The zero-order valence-electron chi connectivity index (χ0n) is 10.9. The molecule has 0 aliphatic carbocycles. The van der Waals surface area contributed by atoms with Crippen LogP contribution in [0.1, 0.15) is 11.1 Å². The van der Waals surface area contributed by atoms with Crippen molar-refractivity contribution in [3.05, 3.63) is 53.6 Å². The molecule has 3 rings (SSSR count). The van der Waals surface area contributed by atoms with Crippen LogP contribution in [0.2, 0.25) is 0 Å². The van der Waals surface area contributed by atoms with Crippen molar-refractivity contribution in [1.82, 2.24) is 0 Å². The van der Waals surface area contributed by atoms with E-state index >= 15 is 0 Å². The highest BCUT2D eigenvalue weighted by Gasteiger charge is 2.15. The Balaban J connectivity index is 1.77. The van der Waals surface area contributed by atoms with Crippen molar-refractivity contribution in [2.24, 2.45) is 0 Å². The zero-order chi connectivity index (χ0) is 13.8. The lowest BCUT2D eigenvalue weighted by Crippen LogP contribution is -2.17. The van der Waals surface area contributed by atoms with Crippen molar-refractivity contribution in [1.29, 1.82) is 5.26 Å². The Morgan fingerprint density at radius 3 is 2.85 bits per heavy atom. The average molecular weight is 266 g/mol. The lowest BCUT2D eigenvalue weighted by Gasteiger charge is -2.21. The highest BCUT2D eigenvalue weighted by atomic mass is 16.6. The lowest BCUT2D eigenvalue weighted by molar-refractivity contribution is 0.170. The Kier molecular flexibility index (Phi) is 3.42. The van der Waals surface area contributed by atoms with Gasteiger partial charge in [0.2, 0.25) is 0 Å². The van der Waals surface area contributed by atoms with Crippen molar-refractivity contribution in [2.45, 2.75) is 6.54 Å². The van der Waals surface area contributed by atoms with Crippen LogP contribution in [0.5, 0.6) is 11.5 Å². The van der Waals surface area contributed by atoms with Gasteiger partial charge >= 0.3 is 0 Å². The second-order valence-corrected chi connectivity index (χ2v) is 4.49. The van der Waals surface area contributed by atoms with Gasteiger partial charge < -0.3 is 14.8 Å². The second-order valence-electron chi connectivity index (χ2n) is 4.49. The van der Waals surface area contributed by atoms with Crippen LogP contribution in [0, 0.1) is 11.3 Å². The minimum Gasteiger partial charge on any atom is -0.486 e. The van der Waals surface area contributed by atoms with Gasteiger partial charge in [0.25, 0.3) is 0 Å². The molecule has 0 amide bonds. The number of benzene rings is 2. The van der Waals surface area contributed by atoms with Crippen molar-refractivity contribution in [3.63, 3.8) is 0 Å². The van der Waals surface area contributed by atoms with E-state index in [1.807, 2.05) is 36.4 Å². The zero-order valence-corrected chi connectivity index (χ0v) is 10.9. The SMILES string of the molecule is N#Cc1cccc(NCc2cccc3c2OCCO3)c1. The first-order chi connectivity index (χ1) is 9.86. The van der Waals surface area contributed by atoms with Crippen LogP contribution >= 0.6 is 0 Å². The summed E-state index contributed by atoms with van der Waals surface area (Å²) >= 11 is 0. The van der Waals surface area contributed by atoms with Gasteiger partial charge in [0, 0.05) is 17.8 Å². The van der Waals surface area contributed by atoms with Gasteiger partial charge in [-0.1, -0.05) is 18.2 Å². The van der Waals surface area contributed by atoms with Gasteiger partial charge in [-0.25, -0.2) is 0 Å². The van der Waals surface area contributed by atoms with E-state index < -0.39 is 0 Å². The number of nitrogens with zero attached hydrogens (tertiary/aromatic N) is 1. The first kappa shape index (κ1) is 12.4. The fourth-order valence-electron chi connectivity index (χ4n) is 2.17. The molecule has 100 valence electrons. The molecule has 0 bridgehead atoms. The molecule has 0 aromatic heterocycles. The van der Waals surface area contributed by atoms with E-state index in [1.165, 1.54) is 0 Å². The fourth-order valence-corrected chi connectivity index (χ4v) is 2.17. The maximum atomic E-state index is 8.89. The molecule has 4 heteroatoms.